The van der Waals surface area contributed by atoms with Crippen molar-refractivity contribution in [3.63, 3.8) is 0 Å². The third kappa shape index (κ3) is 35.2. The topological polar surface area (TPSA) is 338 Å². The van der Waals surface area contributed by atoms with Crippen molar-refractivity contribution >= 4 is 56.0 Å². The van der Waals surface area contributed by atoms with Crippen molar-refractivity contribution < 1.29 is 114 Å². The number of carbonyl (C=O) groups excluding carboxylic acids is 4. The van der Waals surface area contributed by atoms with E-state index in [1.165, 1.54) is 0 Å². The SMILES string of the molecule is C.C#CC.C#CC.C#C[Si](C(C)C)(C(C)C)C(C)C.CBr.CC#C[Si](C(C)C)(C(C)C)C(C)C.CCOC(=O)c1[nH]nnc1Oc1ccccc1.CCOC(=O)c1[nH]nnc1Oc1ccccc1.CCOC(=O)c1[nH]nnc1Oc1ccccc1.CCOC(=O)c1[nH]nnc1Oc1ccccc1.[K+].[OH-]. The molecule has 0 spiro atoms. The number of nitrogens with one attached hydrogen (secondary N) is 4. The van der Waals surface area contributed by atoms with Gasteiger partial charge in [0, 0.05) is 0 Å². The number of rotatable bonds is 22. The van der Waals surface area contributed by atoms with Gasteiger partial charge in [0.2, 0.25) is 22.8 Å². The van der Waals surface area contributed by atoms with Gasteiger partial charge in [-0.15, -0.1) is 48.1 Å². The van der Waals surface area contributed by atoms with Gasteiger partial charge in [0.25, 0.3) is 23.5 Å². The summed E-state index contributed by atoms with van der Waals surface area (Å²) >= 11 is 2.94. The van der Waals surface area contributed by atoms with E-state index in [2.05, 4.69) is 202 Å². The summed E-state index contributed by atoms with van der Waals surface area (Å²) in [7, 11) is -2.86. The van der Waals surface area contributed by atoms with Crippen LogP contribution in [0.15, 0.2) is 121 Å². The van der Waals surface area contributed by atoms with Crippen LogP contribution in [0.5, 0.6) is 46.5 Å². The molecule has 0 bridgehead atoms. The number of halogens is 1. The summed E-state index contributed by atoms with van der Waals surface area (Å²) in [6.07, 6.45) is 14.9. The molecule has 0 aliphatic carbocycles. The first-order valence-corrected chi connectivity index (χ1v) is 38.7. The Morgan fingerprint density at radius 1 is 0.394 bits per heavy atom. The maximum Gasteiger partial charge on any atom is 1.00 e. The van der Waals surface area contributed by atoms with Crippen LogP contribution in [-0.4, -0.2) is 139 Å². The number of esters is 4. The van der Waals surface area contributed by atoms with Gasteiger partial charge in [0.05, 0.1) is 26.4 Å². The van der Waals surface area contributed by atoms with Gasteiger partial charge in [-0.1, -0.05) is 220 Å². The smallest absolute Gasteiger partial charge is 0.870 e. The summed E-state index contributed by atoms with van der Waals surface area (Å²) in [6, 6.07) is 36.0. The fraction of sp³-hybridized carbons (Fsp3) is 0.413. The Balaban J connectivity index is -0.000000564. The van der Waals surface area contributed by atoms with Gasteiger partial charge in [0.15, 0.2) is 0 Å². The van der Waals surface area contributed by atoms with Gasteiger partial charge in [0.1, 0.15) is 39.1 Å². The fourth-order valence-electron chi connectivity index (χ4n) is 10.1. The summed E-state index contributed by atoms with van der Waals surface area (Å²) in [4.78, 5) is 46.0. The second kappa shape index (κ2) is 58.6. The van der Waals surface area contributed by atoms with E-state index in [-0.39, 0.29) is 137 Å². The first-order chi connectivity index (χ1) is 48.3. The van der Waals surface area contributed by atoms with Crippen LogP contribution in [0.3, 0.4) is 0 Å². The van der Waals surface area contributed by atoms with Crippen molar-refractivity contribution in [3.8, 4) is 94.6 Å². The number of ether oxygens (including phenoxy) is 8. The number of terminal acetylenes is 3. The van der Waals surface area contributed by atoms with Crippen molar-refractivity contribution in [3.05, 3.63) is 144 Å². The number of benzene rings is 4. The van der Waals surface area contributed by atoms with Crippen LogP contribution in [0.1, 0.15) is 181 Å². The zero-order valence-electron chi connectivity index (χ0n) is 63.4. The molecular formula is C75H106BrKN12O13Si2. The second-order valence-corrected chi connectivity index (χ2v) is 33.6. The number of aromatic nitrogens is 12. The number of para-hydroxylation sites is 4. The van der Waals surface area contributed by atoms with Crippen LogP contribution in [0.2, 0.25) is 33.2 Å². The summed E-state index contributed by atoms with van der Waals surface area (Å²) in [5.74, 6) is 10.1. The molecule has 560 valence electrons. The quantitative estimate of drug-likeness (QED) is 0.0161. The van der Waals surface area contributed by atoms with Gasteiger partial charge in [-0.05, 0) is 136 Å². The molecule has 8 rings (SSSR count). The molecule has 4 heterocycles. The summed E-state index contributed by atoms with van der Waals surface area (Å²) < 4.78 is 41.0. The molecule has 104 heavy (non-hydrogen) atoms. The molecule has 5 N–H and O–H groups in total. The van der Waals surface area contributed by atoms with Crippen LogP contribution in [0, 0.1) is 48.1 Å². The number of hydrogen-bond donors (Lipinski definition) is 4. The van der Waals surface area contributed by atoms with E-state index in [0.29, 0.717) is 39.6 Å². The Hall–Kier alpha value is -8.73. The summed E-state index contributed by atoms with van der Waals surface area (Å²) in [5, 5.41) is 38.6. The van der Waals surface area contributed by atoms with E-state index in [0.717, 1.165) is 16.6 Å². The van der Waals surface area contributed by atoms with Gasteiger partial charge in [-0.2, -0.15) is 0 Å². The predicted molar refractivity (Wildman–Crippen MR) is 412 cm³/mol. The predicted octanol–water partition coefficient (Wildman–Crippen LogP) is 14.9. The van der Waals surface area contributed by atoms with Crippen LogP contribution in [0.25, 0.3) is 0 Å². The number of alkyl halides is 1. The standard InChI is InChI=1S/C12H24Si.4C11H11N3O3.C11H22Si.2C3H4.CH3Br.CH4.K.H2O/c1-8-9-13(10(2)3,11(4)5)12(6)7;4*1-2-16-11(15)9-10(13-14-12-9)17-8-6-4-3-5-7-8;1-8-12(9(2)3,10(4)5)11(6)7;2*1-3-2;1-2;;;/h10-12H,1-7H3;4*3-7H,2H2,1H3,(H,12,13,14);1,9-11H,2-7H3;2*1H,2H3;1H3;1H4;;1H2/q;;;;;;;;;;+1;/p-1. The molecule has 29 heteroatoms. The molecule has 0 fully saturated rings. The molecule has 0 aliphatic heterocycles. The average Bonchev–Trinajstić information content (AvgIpc) is 1.19. The molecular weight excluding hydrogens is 1450 g/mol. The minimum Gasteiger partial charge on any atom is -0.870 e. The Morgan fingerprint density at radius 2 is 0.577 bits per heavy atom. The number of nitrogens with zero attached hydrogens (tertiary/aromatic N) is 8. The molecule has 0 unspecified atom stereocenters. The first kappa shape index (κ1) is 102. The van der Waals surface area contributed by atoms with Crippen LogP contribution < -0.4 is 70.3 Å². The molecule has 0 saturated carbocycles. The van der Waals surface area contributed by atoms with E-state index in [4.69, 9.17) is 44.3 Å². The molecule has 0 radical (unpaired) electrons. The fourth-order valence-corrected chi connectivity index (χ4v) is 20.4. The molecule has 0 amide bonds. The third-order valence-electron chi connectivity index (χ3n) is 14.1. The minimum atomic E-state index is -1.47. The van der Waals surface area contributed by atoms with Crippen LogP contribution >= 0.6 is 15.9 Å². The van der Waals surface area contributed by atoms with Gasteiger partial charge in [-0.25, -0.2) is 39.6 Å². The summed E-state index contributed by atoms with van der Waals surface area (Å²) in [6.45, 7) is 41.1. The molecule has 0 saturated heterocycles. The molecule has 4 aromatic carbocycles. The minimum absolute atomic E-state index is 0. The molecule has 4 aromatic heterocycles. The average molecular weight is 1560 g/mol. The molecule has 0 aliphatic rings. The zero-order valence-corrected chi connectivity index (χ0v) is 70.1. The Labute approximate surface area is 669 Å². The van der Waals surface area contributed by atoms with Gasteiger partial charge >= 0.3 is 75.3 Å². The van der Waals surface area contributed by atoms with Gasteiger partial charge < -0.3 is 43.4 Å². The third-order valence-corrected chi connectivity index (χ3v) is 26.8. The van der Waals surface area contributed by atoms with Crippen molar-refractivity contribution in [2.24, 2.45) is 0 Å². The van der Waals surface area contributed by atoms with Crippen molar-refractivity contribution in [2.45, 2.75) is 172 Å². The normalized spacial score (nSPS) is 9.69. The number of aromatic amines is 4. The number of H-pyrrole nitrogens is 4. The van der Waals surface area contributed by atoms with Crippen LogP contribution in [0.4, 0.5) is 0 Å². The molecule has 0 atom stereocenters. The number of carbonyl (C=O) groups is 4. The molecule has 8 aromatic rings. The zero-order chi connectivity index (χ0) is 76.3. The van der Waals surface area contributed by atoms with E-state index in [9.17, 15) is 19.2 Å². The Kier molecular flexibility index (Phi) is 57.3. The van der Waals surface area contributed by atoms with E-state index in [1.807, 2.05) is 85.6 Å². The van der Waals surface area contributed by atoms with Crippen molar-refractivity contribution in [1.29, 1.82) is 0 Å². The molecule has 25 nitrogen and oxygen atoms in total. The number of hydrogen-bond acceptors (Lipinski definition) is 21. The first-order valence-electron chi connectivity index (χ1n) is 32.6. The van der Waals surface area contributed by atoms with Crippen molar-refractivity contribution in [1.82, 2.24) is 61.6 Å². The van der Waals surface area contributed by atoms with E-state index >= 15 is 0 Å². The van der Waals surface area contributed by atoms with Gasteiger partial charge in [-0.3, -0.25) is 0 Å². The van der Waals surface area contributed by atoms with E-state index < -0.39 is 40.0 Å². The summed E-state index contributed by atoms with van der Waals surface area (Å²) in [5.41, 5.74) is 11.5. The van der Waals surface area contributed by atoms with E-state index in [1.54, 1.807) is 90.1 Å². The Morgan fingerprint density at radius 3 is 0.702 bits per heavy atom. The maximum atomic E-state index is 11.5. The van der Waals surface area contributed by atoms with Crippen molar-refractivity contribution in [2.75, 3.05) is 32.3 Å². The maximum absolute atomic E-state index is 11.5. The largest absolute Gasteiger partial charge is 1.00 e. The second-order valence-electron chi connectivity index (χ2n) is 22.4. The van der Waals surface area contributed by atoms with Crippen LogP contribution in [-0.2, 0) is 18.9 Å². The monoisotopic (exact) mass is 1560 g/mol. The Bertz CT molecular complexity index is 3340.